The first kappa shape index (κ1) is 24.5. The molecule has 0 bridgehead atoms. The largest absolute Gasteiger partial charge is 0.497 e. The van der Waals surface area contributed by atoms with Crippen LogP contribution in [0.5, 0.6) is 11.5 Å². The summed E-state index contributed by atoms with van der Waals surface area (Å²) in [5.41, 5.74) is 1.94. The molecule has 1 fully saturated rings. The lowest BCUT2D eigenvalue weighted by atomic mass is 10.2. The highest BCUT2D eigenvalue weighted by atomic mass is 79.9. The second kappa shape index (κ2) is 11.2. The molecule has 3 aromatic carbocycles. The van der Waals surface area contributed by atoms with Crippen LogP contribution in [-0.4, -0.2) is 30.7 Å². The van der Waals surface area contributed by atoms with Gasteiger partial charge in [-0.15, -0.1) is 0 Å². The number of amidine groups is 1. The molecular formula is C25H19BrFN3O4S. The molecule has 0 aromatic heterocycles. The molecule has 3 aromatic rings. The lowest BCUT2D eigenvalue weighted by Crippen LogP contribution is -2.20. The summed E-state index contributed by atoms with van der Waals surface area (Å²) in [5, 5.41) is 5.87. The molecule has 178 valence electrons. The third-order valence-electron chi connectivity index (χ3n) is 4.69. The fourth-order valence-corrected chi connectivity index (χ4v) is 4.36. The summed E-state index contributed by atoms with van der Waals surface area (Å²) in [6.45, 7) is -0.222. The van der Waals surface area contributed by atoms with Gasteiger partial charge in [-0.3, -0.25) is 9.59 Å². The Hall–Kier alpha value is -3.63. The smallest absolute Gasteiger partial charge is 0.264 e. The fourth-order valence-electron chi connectivity index (χ4n) is 3.00. The second-order valence-corrected chi connectivity index (χ2v) is 9.10. The third-order valence-corrected chi connectivity index (χ3v) is 6.22. The Kier molecular flexibility index (Phi) is 7.84. The van der Waals surface area contributed by atoms with Crippen LogP contribution in [0.15, 0.2) is 81.1 Å². The van der Waals surface area contributed by atoms with Crippen LogP contribution in [0, 0.1) is 5.82 Å². The molecule has 1 aliphatic rings. The van der Waals surface area contributed by atoms with Crippen LogP contribution < -0.4 is 20.1 Å². The fraction of sp³-hybridized carbons (Fsp3) is 0.0800. The van der Waals surface area contributed by atoms with Crippen molar-refractivity contribution >= 4 is 62.1 Å². The molecular weight excluding hydrogens is 537 g/mol. The number of benzene rings is 3. The van der Waals surface area contributed by atoms with E-state index >= 15 is 0 Å². The molecule has 2 amide bonds. The van der Waals surface area contributed by atoms with Crippen LogP contribution in [-0.2, 0) is 9.59 Å². The number of carbonyl (C=O) groups is 2. The summed E-state index contributed by atoms with van der Waals surface area (Å²) in [6.07, 6.45) is 1.74. The molecule has 0 saturated carbocycles. The van der Waals surface area contributed by atoms with Crippen LogP contribution in [0.3, 0.4) is 0 Å². The van der Waals surface area contributed by atoms with Gasteiger partial charge in [-0.2, -0.15) is 0 Å². The topological polar surface area (TPSA) is 89.0 Å². The normalized spacial score (nSPS) is 15.2. The van der Waals surface area contributed by atoms with Gasteiger partial charge in [-0.1, -0.05) is 6.07 Å². The van der Waals surface area contributed by atoms with E-state index < -0.39 is 0 Å². The Labute approximate surface area is 213 Å². The molecule has 0 unspecified atom stereocenters. The van der Waals surface area contributed by atoms with Crippen molar-refractivity contribution in [1.29, 1.82) is 0 Å². The molecule has 10 heteroatoms. The Morgan fingerprint density at radius 3 is 2.57 bits per heavy atom. The van der Waals surface area contributed by atoms with Crippen molar-refractivity contribution in [3.63, 3.8) is 0 Å². The van der Waals surface area contributed by atoms with Gasteiger partial charge in [0.2, 0.25) is 0 Å². The van der Waals surface area contributed by atoms with Crippen molar-refractivity contribution in [2.75, 3.05) is 19.0 Å². The minimum Gasteiger partial charge on any atom is -0.497 e. The second-order valence-electron chi connectivity index (χ2n) is 7.21. The highest BCUT2D eigenvalue weighted by Crippen LogP contribution is 2.31. The van der Waals surface area contributed by atoms with Crippen LogP contribution >= 0.6 is 27.7 Å². The highest BCUT2D eigenvalue weighted by molar-refractivity contribution is 9.10. The number of hydrogen-bond donors (Lipinski definition) is 2. The number of amides is 2. The number of nitrogens with zero attached hydrogens (tertiary/aromatic N) is 1. The molecule has 35 heavy (non-hydrogen) atoms. The minimum absolute atomic E-state index is 0.222. The number of thioether (sulfide) groups is 1. The molecule has 0 aliphatic carbocycles. The average molecular weight is 556 g/mol. The Morgan fingerprint density at radius 1 is 1.14 bits per heavy atom. The summed E-state index contributed by atoms with van der Waals surface area (Å²) < 4.78 is 24.3. The average Bonchev–Trinajstić information content (AvgIpc) is 3.18. The number of rotatable bonds is 7. The van der Waals surface area contributed by atoms with Crippen molar-refractivity contribution in [2.24, 2.45) is 4.99 Å². The molecule has 1 aliphatic heterocycles. The summed E-state index contributed by atoms with van der Waals surface area (Å²) in [7, 11) is 1.59. The van der Waals surface area contributed by atoms with Crippen LogP contribution in [0.2, 0.25) is 0 Å². The summed E-state index contributed by atoms with van der Waals surface area (Å²) >= 11 is 4.68. The number of anilines is 1. The van der Waals surface area contributed by atoms with Gasteiger partial charge in [0.15, 0.2) is 11.8 Å². The lowest BCUT2D eigenvalue weighted by Gasteiger charge is -2.09. The number of carbonyl (C=O) groups excluding carboxylic acids is 2. The third kappa shape index (κ3) is 6.71. The zero-order valence-electron chi connectivity index (χ0n) is 18.4. The van der Waals surface area contributed by atoms with Gasteiger partial charge in [-0.25, -0.2) is 9.38 Å². The number of hydrogen-bond acceptors (Lipinski definition) is 6. The van der Waals surface area contributed by atoms with Gasteiger partial charge in [0, 0.05) is 5.69 Å². The molecule has 1 saturated heterocycles. The number of aliphatic imine (C=N–C) groups is 1. The first-order valence-electron chi connectivity index (χ1n) is 10.3. The van der Waals surface area contributed by atoms with Gasteiger partial charge >= 0.3 is 0 Å². The van der Waals surface area contributed by atoms with Crippen molar-refractivity contribution in [1.82, 2.24) is 5.32 Å². The predicted molar refractivity (Wildman–Crippen MR) is 138 cm³/mol. The van der Waals surface area contributed by atoms with E-state index in [1.807, 2.05) is 0 Å². The van der Waals surface area contributed by atoms with Crippen LogP contribution in [0.25, 0.3) is 6.08 Å². The van der Waals surface area contributed by atoms with E-state index in [-0.39, 0.29) is 24.2 Å². The van der Waals surface area contributed by atoms with Crippen molar-refractivity contribution in [3.05, 3.63) is 87.5 Å². The maximum Gasteiger partial charge on any atom is 0.264 e. The monoisotopic (exact) mass is 555 g/mol. The van der Waals surface area contributed by atoms with Gasteiger partial charge in [0.25, 0.3) is 11.8 Å². The first-order valence-corrected chi connectivity index (χ1v) is 11.9. The molecule has 0 atom stereocenters. The molecule has 0 spiro atoms. The van der Waals surface area contributed by atoms with Crippen molar-refractivity contribution < 1.29 is 23.5 Å². The van der Waals surface area contributed by atoms with Crippen molar-refractivity contribution in [3.8, 4) is 11.5 Å². The maximum atomic E-state index is 13.0. The van der Waals surface area contributed by atoms with Gasteiger partial charge in [-0.05, 0) is 100.0 Å². The Bertz CT molecular complexity index is 1310. The summed E-state index contributed by atoms with van der Waals surface area (Å²) in [5.74, 6) is 0.192. The van der Waals surface area contributed by atoms with E-state index in [1.165, 1.54) is 36.0 Å². The number of halogens is 2. The van der Waals surface area contributed by atoms with E-state index in [0.717, 1.165) is 11.3 Å². The van der Waals surface area contributed by atoms with E-state index in [0.29, 0.717) is 31.7 Å². The number of nitrogens with one attached hydrogen (secondary N) is 2. The first-order chi connectivity index (χ1) is 16.9. The summed E-state index contributed by atoms with van der Waals surface area (Å²) in [6, 6.07) is 17.9. The standard InChI is InChI=1S/C25H19BrFN3O4S/c1-33-19-9-7-18(8-10-19)29-25-30-24(32)22(35-25)13-15-2-11-21(20(26)12-15)34-14-23(31)28-17-5-3-16(27)4-6-17/h2-13H,14H2,1H3,(H,28,31)(H,29,30,32)/b22-13+. The molecule has 2 N–H and O–H groups in total. The molecule has 0 radical (unpaired) electrons. The zero-order valence-corrected chi connectivity index (χ0v) is 20.8. The van der Waals surface area contributed by atoms with Crippen LogP contribution in [0.4, 0.5) is 15.8 Å². The number of methoxy groups -OCH3 is 1. The van der Waals surface area contributed by atoms with Gasteiger partial charge in [0.1, 0.15) is 17.3 Å². The zero-order chi connectivity index (χ0) is 24.8. The molecule has 7 nitrogen and oxygen atoms in total. The van der Waals surface area contributed by atoms with Gasteiger partial charge < -0.3 is 20.1 Å². The Balaban J connectivity index is 1.37. The highest BCUT2D eigenvalue weighted by Gasteiger charge is 2.24. The Morgan fingerprint density at radius 2 is 1.89 bits per heavy atom. The summed E-state index contributed by atoms with van der Waals surface area (Å²) in [4.78, 5) is 29.4. The van der Waals surface area contributed by atoms with E-state index in [1.54, 1.807) is 55.7 Å². The number of ether oxygens (including phenoxy) is 2. The molecule has 4 rings (SSSR count). The minimum atomic E-state index is -0.382. The van der Waals surface area contributed by atoms with Crippen molar-refractivity contribution in [2.45, 2.75) is 0 Å². The molecule has 1 heterocycles. The quantitative estimate of drug-likeness (QED) is 0.375. The predicted octanol–water partition coefficient (Wildman–Crippen LogP) is 5.51. The SMILES string of the molecule is COc1ccc(N=C2NC(=O)/C(=C\c3ccc(OCC(=O)Nc4ccc(F)cc4)c(Br)c3)S2)cc1. The van der Waals surface area contributed by atoms with E-state index in [2.05, 4.69) is 31.6 Å². The lowest BCUT2D eigenvalue weighted by molar-refractivity contribution is -0.118. The maximum absolute atomic E-state index is 13.0. The van der Waals surface area contributed by atoms with E-state index in [4.69, 9.17) is 9.47 Å². The van der Waals surface area contributed by atoms with Crippen LogP contribution in [0.1, 0.15) is 5.56 Å². The van der Waals surface area contributed by atoms with Gasteiger partial charge in [0.05, 0.1) is 22.2 Å². The van der Waals surface area contributed by atoms with E-state index in [9.17, 15) is 14.0 Å².